The van der Waals surface area contributed by atoms with Crippen LogP contribution in [0.2, 0.25) is 0 Å². The summed E-state index contributed by atoms with van der Waals surface area (Å²) in [6, 6.07) is 10.8. The lowest BCUT2D eigenvalue weighted by Crippen LogP contribution is -2.38. The van der Waals surface area contributed by atoms with Gasteiger partial charge in [0, 0.05) is 19.6 Å². The second-order valence-corrected chi connectivity index (χ2v) is 7.78. The second-order valence-electron chi connectivity index (χ2n) is 7.78. The van der Waals surface area contributed by atoms with E-state index in [1.165, 1.54) is 11.1 Å². The van der Waals surface area contributed by atoms with E-state index < -0.39 is 18.0 Å². The van der Waals surface area contributed by atoms with Gasteiger partial charge in [-0.05, 0) is 60.9 Å². The van der Waals surface area contributed by atoms with Crippen molar-refractivity contribution in [2.75, 3.05) is 40.5 Å². The van der Waals surface area contributed by atoms with Crippen LogP contribution in [0.4, 0.5) is 0 Å². The summed E-state index contributed by atoms with van der Waals surface area (Å²) in [5.41, 5.74) is 2.90. The van der Waals surface area contributed by atoms with E-state index in [4.69, 9.17) is 38.7 Å². The molecule has 1 aliphatic rings. The molecular weight excluding hydrogens is 474 g/mol. The topological polar surface area (TPSA) is 152 Å². The maximum Gasteiger partial charge on any atom is 0.414 e. The van der Waals surface area contributed by atoms with Crippen LogP contribution in [0.25, 0.3) is 0 Å². The Morgan fingerprint density at radius 3 is 2.08 bits per heavy atom. The van der Waals surface area contributed by atoms with Crippen LogP contribution in [-0.4, -0.2) is 84.8 Å². The Hall–Kier alpha value is -3.83. The van der Waals surface area contributed by atoms with Gasteiger partial charge < -0.3 is 34.3 Å². The van der Waals surface area contributed by atoms with Gasteiger partial charge in [-0.15, -0.1) is 0 Å². The third-order valence-electron chi connectivity index (χ3n) is 5.26. The van der Waals surface area contributed by atoms with Gasteiger partial charge >= 0.3 is 17.9 Å². The Morgan fingerprint density at radius 1 is 0.972 bits per heavy atom. The third-order valence-corrected chi connectivity index (χ3v) is 5.26. The summed E-state index contributed by atoms with van der Waals surface area (Å²) in [7, 11) is 3.27. The standard InChI is InChI=1S/C23H29NO6.C2H2O4/c1-4-29-23(26)16-5-7-20(8-6-16)30-15-19(25)14-24-10-9-17-11-21(27-2)22(28-3)12-18(17)13-24;3-1(4)2(5)6/h5-8,11-12,19,25H,4,9-10,13-15H2,1-3H3;(H,3,4)(H,5,6). The molecule has 1 atom stereocenters. The van der Waals surface area contributed by atoms with E-state index in [0.717, 1.165) is 25.3 Å². The molecule has 0 bridgehead atoms. The van der Waals surface area contributed by atoms with Crippen LogP contribution in [0.5, 0.6) is 17.2 Å². The zero-order chi connectivity index (χ0) is 26.7. The number of carbonyl (C=O) groups excluding carboxylic acids is 1. The number of aliphatic hydroxyl groups is 1. The number of rotatable bonds is 9. The lowest BCUT2D eigenvalue weighted by molar-refractivity contribution is -0.159. The summed E-state index contributed by atoms with van der Waals surface area (Å²) in [4.78, 5) is 32.1. The van der Waals surface area contributed by atoms with Gasteiger partial charge in [0.05, 0.1) is 26.4 Å². The first-order valence-corrected chi connectivity index (χ1v) is 11.2. The fraction of sp³-hybridized carbons (Fsp3) is 0.400. The van der Waals surface area contributed by atoms with Crippen LogP contribution >= 0.6 is 0 Å². The molecule has 3 N–H and O–H groups in total. The predicted octanol–water partition coefficient (Wildman–Crippen LogP) is 1.83. The molecule has 2 aromatic carbocycles. The fourth-order valence-corrected chi connectivity index (χ4v) is 3.54. The first-order valence-electron chi connectivity index (χ1n) is 11.2. The van der Waals surface area contributed by atoms with Crippen molar-refractivity contribution in [1.29, 1.82) is 0 Å². The third kappa shape index (κ3) is 8.43. The number of esters is 1. The highest BCUT2D eigenvalue weighted by molar-refractivity contribution is 6.27. The van der Waals surface area contributed by atoms with Gasteiger partial charge in [0.1, 0.15) is 18.5 Å². The van der Waals surface area contributed by atoms with Crippen molar-refractivity contribution < 1.29 is 48.7 Å². The highest BCUT2D eigenvalue weighted by Crippen LogP contribution is 2.33. The molecule has 36 heavy (non-hydrogen) atoms. The van der Waals surface area contributed by atoms with E-state index in [1.807, 2.05) is 12.1 Å². The zero-order valence-corrected chi connectivity index (χ0v) is 20.4. The van der Waals surface area contributed by atoms with Gasteiger partial charge in [-0.25, -0.2) is 14.4 Å². The van der Waals surface area contributed by atoms with Crippen molar-refractivity contribution in [3.63, 3.8) is 0 Å². The molecule has 0 spiro atoms. The normalized spacial score (nSPS) is 13.3. The number of hydrogen-bond donors (Lipinski definition) is 3. The number of hydrogen-bond acceptors (Lipinski definition) is 9. The maximum absolute atomic E-state index is 11.7. The van der Waals surface area contributed by atoms with Crippen LogP contribution < -0.4 is 14.2 Å². The van der Waals surface area contributed by atoms with Crippen molar-refractivity contribution in [3.05, 3.63) is 53.1 Å². The van der Waals surface area contributed by atoms with Gasteiger partial charge in [0.15, 0.2) is 11.5 Å². The summed E-state index contributed by atoms with van der Waals surface area (Å²) in [5, 5.41) is 25.2. The van der Waals surface area contributed by atoms with Gasteiger partial charge in [0.25, 0.3) is 0 Å². The minimum atomic E-state index is -1.82. The molecule has 0 saturated carbocycles. The number of nitrogens with zero attached hydrogens (tertiary/aromatic N) is 1. The molecule has 11 heteroatoms. The van der Waals surface area contributed by atoms with Crippen LogP contribution in [0.15, 0.2) is 36.4 Å². The van der Waals surface area contributed by atoms with Crippen LogP contribution in [0.1, 0.15) is 28.4 Å². The van der Waals surface area contributed by atoms with Crippen molar-refractivity contribution in [1.82, 2.24) is 4.90 Å². The first kappa shape index (κ1) is 28.4. The summed E-state index contributed by atoms with van der Waals surface area (Å²) in [6.07, 6.45) is 0.259. The number of fused-ring (bicyclic) bond motifs is 1. The van der Waals surface area contributed by atoms with E-state index in [2.05, 4.69) is 4.90 Å². The van der Waals surface area contributed by atoms with Crippen LogP contribution in [-0.2, 0) is 27.3 Å². The number of carbonyl (C=O) groups is 3. The predicted molar refractivity (Wildman–Crippen MR) is 128 cm³/mol. The summed E-state index contributed by atoms with van der Waals surface area (Å²) in [6.45, 7) is 4.38. The number of β-amino-alcohol motifs (C(OH)–C–C–N with tert-alkyl or cyclic N) is 1. The number of ether oxygens (including phenoxy) is 4. The molecule has 0 saturated heterocycles. The number of methoxy groups -OCH3 is 2. The number of aliphatic carboxylic acids is 2. The molecule has 3 rings (SSSR count). The molecule has 0 aromatic heterocycles. The molecule has 2 aromatic rings. The largest absolute Gasteiger partial charge is 0.493 e. The van der Waals surface area contributed by atoms with Crippen molar-refractivity contribution in [3.8, 4) is 17.2 Å². The summed E-state index contributed by atoms with van der Waals surface area (Å²) < 4.78 is 21.4. The van der Waals surface area contributed by atoms with Crippen LogP contribution in [0.3, 0.4) is 0 Å². The minimum Gasteiger partial charge on any atom is -0.493 e. The fourth-order valence-electron chi connectivity index (χ4n) is 3.54. The van der Waals surface area contributed by atoms with Crippen molar-refractivity contribution in [2.45, 2.75) is 26.0 Å². The van der Waals surface area contributed by atoms with Gasteiger partial charge in [-0.1, -0.05) is 0 Å². The molecule has 1 unspecified atom stereocenters. The SMILES string of the molecule is CCOC(=O)c1ccc(OCC(O)CN2CCc3cc(OC)c(OC)cc3C2)cc1.O=C(O)C(=O)O. The maximum atomic E-state index is 11.7. The number of carboxylic acid groups (broad SMARTS) is 2. The highest BCUT2D eigenvalue weighted by Gasteiger charge is 2.21. The quantitative estimate of drug-likeness (QED) is 0.338. The number of benzene rings is 2. The van der Waals surface area contributed by atoms with E-state index in [-0.39, 0.29) is 12.6 Å². The minimum absolute atomic E-state index is 0.175. The van der Waals surface area contributed by atoms with E-state index in [9.17, 15) is 9.90 Å². The Morgan fingerprint density at radius 2 is 1.56 bits per heavy atom. The molecule has 0 fully saturated rings. The Kier molecular flexibility index (Phi) is 11.0. The molecule has 1 aliphatic heterocycles. The van der Waals surface area contributed by atoms with Gasteiger partial charge in [-0.3, -0.25) is 4.90 Å². The molecule has 1 heterocycles. The average molecular weight is 506 g/mol. The highest BCUT2D eigenvalue weighted by atomic mass is 16.5. The van der Waals surface area contributed by atoms with Gasteiger partial charge in [-0.2, -0.15) is 0 Å². The Bertz CT molecular complexity index is 1030. The van der Waals surface area contributed by atoms with E-state index in [1.54, 1.807) is 45.4 Å². The summed E-state index contributed by atoms with van der Waals surface area (Å²) >= 11 is 0. The van der Waals surface area contributed by atoms with Gasteiger partial charge in [0.2, 0.25) is 0 Å². The monoisotopic (exact) mass is 505 g/mol. The molecule has 196 valence electrons. The molecule has 11 nitrogen and oxygen atoms in total. The molecule has 0 aliphatic carbocycles. The smallest absolute Gasteiger partial charge is 0.414 e. The molecule has 0 radical (unpaired) electrons. The Balaban J connectivity index is 0.000000678. The first-order chi connectivity index (χ1) is 17.2. The molecule has 0 amide bonds. The van der Waals surface area contributed by atoms with E-state index >= 15 is 0 Å². The summed E-state index contributed by atoms with van der Waals surface area (Å²) in [5.74, 6) is -1.95. The Labute approximate surface area is 208 Å². The number of carboxylic acids is 2. The number of aliphatic hydroxyl groups excluding tert-OH is 1. The second kappa shape index (κ2) is 13.9. The lowest BCUT2D eigenvalue weighted by Gasteiger charge is -2.31. The van der Waals surface area contributed by atoms with E-state index in [0.29, 0.717) is 30.2 Å². The average Bonchev–Trinajstić information content (AvgIpc) is 2.87. The van der Waals surface area contributed by atoms with Crippen LogP contribution in [0, 0.1) is 0 Å². The van der Waals surface area contributed by atoms with Crippen molar-refractivity contribution in [2.24, 2.45) is 0 Å². The van der Waals surface area contributed by atoms with Crippen molar-refractivity contribution >= 4 is 17.9 Å². The zero-order valence-electron chi connectivity index (χ0n) is 20.4. The lowest BCUT2D eigenvalue weighted by atomic mass is 9.98. The molecular formula is C25H31NO10.